The molecule has 0 aliphatic carbocycles. The highest BCUT2D eigenvalue weighted by atomic mass is 28.3. The van der Waals surface area contributed by atoms with Crippen LogP contribution in [0.1, 0.15) is 26.2 Å². The largest absolute Gasteiger partial charge is 0.198 e. The minimum atomic E-state index is -1.66. The molecular formula is C15H20N2Si. The van der Waals surface area contributed by atoms with Crippen molar-refractivity contribution in [3.8, 4) is 12.1 Å². The monoisotopic (exact) mass is 256 g/mol. The second-order valence-electron chi connectivity index (χ2n) is 4.71. The van der Waals surface area contributed by atoms with Crippen molar-refractivity contribution in [2.24, 2.45) is 0 Å². The SMILES string of the molecule is CCC[Si](CCC#N)(CCC#N)c1ccccc1. The third-order valence-electron chi connectivity index (χ3n) is 3.55. The molecule has 0 saturated carbocycles. The van der Waals surface area contributed by atoms with Crippen LogP contribution in [-0.4, -0.2) is 8.07 Å². The van der Waals surface area contributed by atoms with Crippen molar-refractivity contribution >= 4 is 13.3 Å². The zero-order valence-electron chi connectivity index (χ0n) is 11.0. The zero-order chi connectivity index (χ0) is 13.3. The minimum absolute atomic E-state index is 0.618. The van der Waals surface area contributed by atoms with Gasteiger partial charge in [0, 0.05) is 12.8 Å². The first kappa shape index (κ1) is 14.5. The fourth-order valence-corrected chi connectivity index (χ4v) is 7.32. The number of nitrogens with zero attached hydrogens (tertiary/aromatic N) is 2. The van der Waals surface area contributed by atoms with Crippen LogP contribution in [0, 0.1) is 22.7 Å². The maximum Gasteiger partial charge on any atom is 0.0887 e. The lowest BCUT2D eigenvalue weighted by molar-refractivity contribution is 0.988. The van der Waals surface area contributed by atoms with E-state index in [1.54, 1.807) is 0 Å². The standard InChI is InChI=1S/C15H20N2Si/c1-2-12-18(13-6-10-16,14-7-11-17)15-8-4-3-5-9-15/h3-5,8-9H,2,6-7,12-14H2,1H3. The molecule has 18 heavy (non-hydrogen) atoms. The molecule has 0 amide bonds. The Kier molecular flexibility index (Phi) is 6.18. The molecule has 1 rings (SSSR count). The molecule has 0 atom stereocenters. The Hall–Kier alpha value is -1.58. The lowest BCUT2D eigenvalue weighted by Gasteiger charge is -2.31. The summed E-state index contributed by atoms with van der Waals surface area (Å²) in [6.45, 7) is 2.20. The van der Waals surface area contributed by atoms with E-state index in [1.165, 1.54) is 11.2 Å². The van der Waals surface area contributed by atoms with Gasteiger partial charge in [0.2, 0.25) is 0 Å². The molecule has 0 spiro atoms. The van der Waals surface area contributed by atoms with Crippen molar-refractivity contribution in [2.45, 2.75) is 44.3 Å². The van der Waals surface area contributed by atoms with E-state index in [1.807, 2.05) is 6.07 Å². The molecule has 0 N–H and O–H groups in total. The summed E-state index contributed by atoms with van der Waals surface area (Å²) < 4.78 is 0. The lowest BCUT2D eigenvalue weighted by Crippen LogP contribution is -2.47. The van der Waals surface area contributed by atoms with Crippen LogP contribution in [0.3, 0.4) is 0 Å². The Morgan fingerprint density at radius 3 is 1.94 bits per heavy atom. The molecular weight excluding hydrogens is 236 g/mol. The summed E-state index contributed by atoms with van der Waals surface area (Å²) in [6.07, 6.45) is 2.37. The van der Waals surface area contributed by atoms with Gasteiger partial charge in [-0.1, -0.05) is 54.9 Å². The highest BCUT2D eigenvalue weighted by molar-refractivity contribution is 6.91. The third-order valence-corrected chi connectivity index (χ3v) is 8.97. The van der Waals surface area contributed by atoms with Crippen LogP contribution in [-0.2, 0) is 0 Å². The van der Waals surface area contributed by atoms with Crippen LogP contribution < -0.4 is 5.19 Å². The normalized spacial score (nSPS) is 10.6. The van der Waals surface area contributed by atoms with E-state index in [0.29, 0.717) is 12.8 Å². The highest BCUT2D eigenvalue weighted by Crippen LogP contribution is 2.25. The first-order valence-electron chi connectivity index (χ1n) is 6.58. The molecule has 0 aliphatic rings. The fourth-order valence-electron chi connectivity index (χ4n) is 2.67. The van der Waals surface area contributed by atoms with Crippen LogP contribution in [0.4, 0.5) is 0 Å². The van der Waals surface area contributed by atoms with Gasteiger partial charge in [-0.15, -0.1) is 0 Å². The molecule has 1 aromatic rings. The lowest BCUT2D eigenvalue weighted by atomic mass is 10.4. The topological polar surface area (TPSA) is 47.6 Å². The quantitative estimate of drug-likeness (QED) is 0.700. The van der Waals surface area contributed by atoms with Crippen molar-refractivity contribution < 1.29 is 0 Å². The van der Waals surface area contributed by atoms with Crippen LogP contribution in [0.15, 0.2) is 30.3 Å². The molecule has 0 radical (unpaired) electrons. The number of hydrogen-bond acceptors (Lipinski definition) is 2. The summed E-state index contributed by atoms with van der Waals surface area (Å²) in [5.41, 5.74) is 0. The van der Waals surface area contributed by atoms with E-state index in [4.69, 9.17) is 10.5 Å². The average molecular weight is 256 g/mol. The van der Waals surface area contributed by atoms with Crippen molar-refractivity contribution in [1.29, 1.82) is 10.5 Å². The molecule has 0 aliphatic heterocycles. The third kappa shape index (κ3) is 3.72. The molecule has 0 bridgehead atoms. The molecule has 3 heteroatoms. The molecule has 0 heterocycles. The van der Waals surface area contributed by atoms with Gasteiger partial charge in [0.1, 0.15) is 0 Å². The van der Waals surface area contributed by atoms with Crippen LogP contribution in [0.25, 0.3) is 0 Å². The molecule has 94 valence electrons. The summed E-state index contributed by atoms with van der Waals surface area (Å²) in [5.74, 6) is 0. The van der Waals surface area contributed by atoms with Crippen molar-refractivity contribution in [3.63, 3.8) is 0 Å². The smallest absolute Gasteiger partial charge is 0.0887 e. The summed E-state index contributed by atoms with van der Waals surface area (Å²) in [4.78, 5) is 0. The molecule has 0 fully saturated rings. The second kappa shape index (κ2) is 7.69. The number of rotatable bonds is 7. The molecule has 1 aromatic carbocycles. The maximum atomic E-state index is 8.88. The summed E-state index contributed by atoms with van der Waals surface area (Å²) in [6, 6.07) is 18.3. The van der Waals surface area contributed by atoms with Crippen LogP contribution in [0.2, 0.25) is 18.1 Å². The van der Waals surface area contributed by atoms with Crippen LogP contribution in [0.5, 0.6) is 0 Å². The van der Waals surface area contributed by atoms with E-state index in [0.717, 1.165) is 18.5 Å². The summed E-state index contributed by atoms with van der Waals surface area (Å²) in [7, 11) is -1.66. The second-order valence-corrected chi connectivity index (χ2v) is 9.35. The maximum absolute atomic E-state index is 8.88. The number of hydrogen-bond donors (Lipinski definition) is 0. The van der Waals surface area contributed by atoms with E-state index in [-0.39, 0.29) is 0 Å². The summed E-state index contributed by atoms with van der Waals surface area (Å²) in [5, 5.41) is 19.2. The van der Waals surface area contributed by atoms with E-state index >= 15 is 0 Å². The minimum Gasteiger partial charge on any atom is -0.198 e. The van der Waals surface area contributed by atoms with Gasteiger partial charge in [-0.25, -0.2) is 0 Å². The zero-order valence-corrected chi connectivity index (χ0v) is 12.0. The predicted octanol–water partition coefficient (Wildman–Crippen LogP) is 3.58. The Labute approximate surface area is 111 Å². The Balaban J connectivity index is 3.03. The van der Waals surface area contributed by atoms with E-state index < -0.39 is 8.07 Å². The molecule has 0 unspecified atom stereocenters. The van der Waals surface area contributed by atoms with E-state index in [9.17, 15) is 0 Å². The number of nitriles is 2. The van der Waals surface area contributed by atoms with Crippen molar-refractivity contribution in [2.75, 3.05) is 0 Å². The average Bonchev–Trinajstić information content (AvgIpc) is 2.43. The van der Waals surface area contributed by atoms with E-state index in [2.05, 4.69) is 43.3 Å². The molecule has 0 aromatic heterocycles. The van der Waals surface area contributed by atoms with Crippen molar-refractivity contribution in [3.05, 3.63) is 30.3 Å². The van der Waals surface area contributed by atoms with Crippen LogP contribution >= 0.6 is 0 Å². The Morgan fingerprint density at radius 1 is 0.944 bits per heavy atom. The van der Waals surface area contributed by atoms with Gasteiger partial charge in [0.15, 0.2) is 0 Å². The van der Waals surface area contributed by atoms with Crippen molar-refractivity contribution in [1.82, 2.24) is 0 Å². The van der Waals surface area contributed by atoms with Gasteiger partial charge in [-0.3, -0.25) is 0 Å². The number of benzene rings is 1. The highest BCUT2D eigenvalue weighted by Gasteiger charge is 2.32. The van der Waals surface area contributed by atoms with Gasteiger partial charge in [0.05, 0.1) is 20.2 Å². The predicted molar refractivity (Wildman–Crippen MR) is 77.0 cm³/mol. The molecule has 0 saturated heterocycles. The van der Waals surface area contributed by atoms with Gasteiger partial charge in [-0.05, 0) is 12.1 Å². The van der Waals surface area contributed by atoms with Gasteiger partial charge in [0.25, 0.3) is 0 Å². The summed E-state index contributed by atoms with van der Waals surface area (Å²) >= 11 is 0. The van der Waals surface area contributed by atoms with Gasteiger partial charge < -0.3 is 0 Å². The first-order valence-corrected chi connectivity index (χ1v) is 9.20. The Bertz CT molecular complexity index is 410. The first-order chi connectivity index (χ1) is 8.79. The van der Waals surface area contributed by atoms with Gasteiger partial charge >= 0.3 is 0 Å². The van der Waals surface area contributed by atoms with Gasteiger partial charge in [-0.2, -0.15) is 10.5 Å². The Morgan fingerprint density at radius 2 is 1.50 bits per heavy atom. The molecule has 2 nitrogen and oxygen atoms in total. The fraction of sp³-hybridized carbons (Fsp3) is 0.467.